The number of sulfonamides is 1. The van der Waals surface area contributed by atoms with Gasteiger partial charge in [0.25, 0.3) is 15.9 Å². The lowest BCUT2D eigenvalue weighted by Gasteiger charge is -2.30. The lowest BCUT2D eigenvalue weighted by molar-refractivity contribution is -0.153. The van der Waals surface area contributed by atoms with Crippen LogP contribution in [0.2, 0.25) is 0 Å². The molecule has 1 fully saturated rings. The van der Waals surface area contributed by atoms with Crippen LogP contribution in [0.5, 0.6) is 0 Å². The Bertz CT molecular complexity index is 873. The summed E-state index contributed by atoms with van der Waals surface area (Å²) in [7, 11) is -3.66. The Balaban J connectivity index is 1.60. The monoisotopic (exact) mass is 393 g/mol. The quantitative estimate of drug-likeness (QED) is 0.766. The van der Waals surface area contributed by atoms with Crippen LogP contribution in [-0.2, 0) is 24.3 Å². The van der Waals surface area contributed by atoms with E-state index in [-0.39, 0.29) is 23.2 Å². The summed E-state index contributed by atoms with van der Waals surface area (Å²) in [5.41, 5.74) is 0.413. The SMILES string of the molecule is CC1CCN(C(=O)COC(=O)[C@H](C)N=C2NS(=O)(=O)c3ccccc32)CC1. The highest BCUT2D eigenvalue weighted by Crippen LogP contribution is 2.22. The summed E-state index contributed by atoms with van der Waals surface area (Å²) in [6.07, 6.45) is 1.90. The third-order valence-electron chi connectivity index (χ3n) is 4.80. The zero-order valence-electron chi connectivity index (χ0n) is 15.3. The van der Waals surface area contributed by atoms with Gasteiger partial charge in [-0.1, -0.05) is 19.1 Å². The second-order valence-corrected chi connectivity index (χ2v) is 8.58. The van der Waals surface area contributed by atoms with Crippen molar-refractivity contribution >= 4 is 27.7 Å². The van der Waals surface area contributed by atoms with Crippen molar-refractivity contribution in [2.24, 2.45) is 10.9 Å². The lowest BCUT2D eigenvalue weighted by atomic mass is 9.99. The first-order chi connectivity index (χ1) is 12.8. The molecular formula is C18H23N3O5S. The van der Waals surface area contributed by atoms with Crippen molar-refractivity contribution in [1.29, 1.82) is 0 Å². The predicted molar refractivity (Wildman–Crippen MR) is 98.7 cm³/mol. The van der Waals surface area contributed by atoms with E-state index in [4.69, 9.17) is 4.74 Å². The van der Waals surface area contributed by atoms with Gasteiger partial charge in [0.05, 0.1) is 4.90 Å². The number of hydrogen-bond donors (Lipinski definition) is 1. The van der Waals surface area contributed by atoms with Crippen molar-refractivity contribution in [3.05, 3.63) is 29.8 Å². The maximum Gasteiger partial charge on any atom is 0.331 e. The topological polar surface area (TPSA) is 105 Å². The zero-order chi connectivity index (χ0) is 19.6. The first-order valence-electron chi connectivity index (χ1n) is 8.92. The van der Waals surface area contributed by atoms with E-state index < -0.39 is 22.0 Å². The molecule has 146 valence electrons. The van der Waals surface area contributed by atoms with Crippen molar-refractivity contribution < 1.29 is 22.7 Å². The average molecular weight is 393 g/mol. The summed E-state index contributed by atoms with van der Waals surface area (Å²) >= 11 is 0. The minimum absolute atomic E-state index is 0.103. The Labute approximate surface area is 158 Å². The van der Waals surface area contributed by atoms with E-state index in [2.05, 4.69) is 16.6 Å². The number of fused-ring (bicyclic) bond motifs is 1. The molecule has 2 aliphatic heterocycles. The van der Waals surface area contributed by atoms with Gasteiger partial charge in [-0.2, -0.15) is 0 Å². The zero-order valence-corrected chi connectivity index (χ0v) is 16.2. The van der Waals surface area contributed by atoms with Crippen LogP contribution < -0.4 is 4.72 Å². The molecule has 0 bridgehead atoms. The van der Waals surface area contributed by atoms with E-state index in [9.17, 15) is 18.0 Å². The first-order valence-corrected chi connectivity index (χ1v) is 10.4. The van der Waals surface area contributed by atoms with Crippen LogP contribution in [-0.4, -0.2) is 56.8 Å². The molecule has 9 heteroatoms. The van der Waals surface area contributed by atoms with Gasteiger partial charge in [0.15, 0.2) is 6.61 Å². The molecule has 1 atom stereocenters. The number of esters is 1. The van der Waals surface area contributed by atoms with E-state index in [1.54, 1.807) is 23.1 Å². The normalized spacial score (nSPS) is 21.4. The molecular weight excluding hydrogens is 370 g/mol. The molecule has 27 heavy (non-hydrogen) atoms. The highest BCUT2D eigenvalue weighted by molar-refractivity contribution is 7.90. The number of benzene rings is 1. The van der Waals surface area contributed by atoms with E-state index in [1.165, 1.54) is 13.0 Å². The molecule has 0 spiro atoms. The third-order valence-corrected chi connectivity index (χ3v) is 6.20. The molecule has 8 nitrogen and oxygen atoms in total. The average Bonchev–Trinajstić information content (AvgIpc) is 2.90. The second kappa shape index (κ2) is 7.67. The van der Waals surface area contributed by atoms with E-state index in [0.717, 1.165) is 12.8 Å². The van der Waals surface area contributed by atoms with Gasteiger partial charge in [-0.05, 0) is 37.8 Å². The molecule has 1 aromatic rings. The fraction of sp³-hybridized carbons (Fsp3) is 0.500. The Morgan fingerprint density at radius 1 is 1.30 bits per heavy atom. The van der Waals surface area contributed by atoms with Gasteiger partial charge in [0.2, 0.25) is 0 Å². The maximum atomic E-state index is 12.2. The van der Waals surface area contributed by atoms with Crippen LogP contribution >= 0.6 is 0 Å². The Hall–Kier alpha value is -2.42. The summed E-state index contributed by atoms with van der Waals surface area (Å²) in [4.78, 5) is 30.3. The van der Waals surface area contributed by atoms with Crippen LogP contribution in [0, 0.1) is 5.92 Å². The summed E-state index contributed by atoms with van der Waals surface area (Å²) in [5, 5.41) is 0. The molecule has 2 heterocycles. The van der Waals surface area contributed by atoms with E-state index >= 15 is 0 Å². The molecule has 2 aliphatic rings. The molecule has 1 N–H and O–H groups in total. The molecule has 0 aliphatic carbocycles. The van der Waals surface area contributed by atoms with Gasteiger partial charge < -0.3 is 9.64 Å². The number of aliphatic imine (C=N–C) groups is 1. The van der Waals surface area contributed by atoms with Gasteiger partial charge in [-0.25, -0.2) is 13.2 Å². The molecule has 1 saturated heterocycles. The highest BCUT2D eigenvalue weighted by Gasteiger charge is 2.31. The third kappa shape index (κ3) is 4.29. The maximum absolute atomic E-state index is 12.2. The van der Waals surface area contributed by atoms with Gasteiger partial charge in [-0.3, -0.25) is 14.5 Å². The van der Waals surface area contributed by atoms with Crippen LogP contribution in [0.15, 0.2) is 34.2 Å². The largest absolute Gasteiger partial charge is 0.454 e. The first kappa shape index (κ1) is 19.3. The number of carbonyl (C=O) groups is 2. The lowest BCUT2D eigenvalue weighted by Crippen LogP contribution is -2.40. The summed E-state index contributed by atoms with van der Waals surface area (Å²) in [6, 6.07) is 5.46. The number of amidine groups is 1. The number of amides is 1. The summed E-state index contributed by atoms with van der Waals surface area (Å²) < 4.78 is 31.6. The smallest absolute Gasteiger partial charge is 0.331 e. The van der Waals surface area contributed by atoms with Crippen LogP contribution in [0.1, 0.15) is 32.3 Å². The van der Waals surface area contributed by atoms with Gasteiger partial charge in [0.1, 0.15) is 11.9 Å². The number of likely N-dealkylation sites (tertiary alicyclic amines) is 1. The van der Waals surface area contributed by atoms with Gasteiger partial charge in [0, 0.05) is 18.7 Å². The molecule has 0 saturated carbocycles. The van der Waals surface area contributed by atoms with Crippen molar-refractivity contribution in [3.8, 4) is 0 Å². The van der Waals surface area contributed by atoms with Gasteiger partial charge >= 0.3 is 5.97 Å². The standard InChI is InChI=1S/C18H23N3O5S/c1-12-7-9-21(10-8-12)16(22)11-26-18(23)13(2)19-17-14-5-3-4-6-15(14)27(24,25)20-17/h3-6,12-13H,7-11H2,1-2H3,(H,19,20)/t13-/m0/s1. The Morgan fingerprint density at radius 3 is 2.67 bits per heavy atom. The van der Waals surface area contributed by atoms with E-state index in [1.807, 2.05) is 0 Å². The van der Waals surface area contributed by atoms with Crippen molar-refractivity contribution in [1.82, 2.24) is 9.62 Å². The number of rotatable bonds is 4. The number of ether oxygens (including phenoxy) is 1. The summed E-state index contributed by atoms with van der Waals surface area (Å²) in [5.74, 6) is -0.191. The number of hydrogen-bond acceptors (Lipinski definition) is 6. The molecule has 1 amide bonds. The number of nitrogens with one attached hydrogen (secondary N) is 1. The van der Waals surface area contributed by atoms with Crippen molar-refractivity contribution in [2.75, 3.05) is 19.7 Å². The molecule has 3 rings (SSSR count). The predicted octanol–water partition coefficient (Wildman–Crippen LogP) is 0.915. The molecule has 0 unspecified atom stereocenters. The molecule has 0 aromatic heterocycles. The van der Waals surface area contributed by atoms with Crippen molar-refractivity contribution in [2.45, 2.75) is 37.6 Å². The van der Waals surface area contributed by atoms with Gasteiger partial charge in [-0.15, -0.1) is 0 Å². The number of piperidine rings is 1. The highest BCUT2D eigenvalue weighted by atomic mass is 32.2. The Morgan fingerprint density at radius 2 is 1.96 bits per heavy atom. The minimum atomic E-state index is -3.66. The minimum Gasteiger partial charge on any atom is -0.454 e. The molecule has 0 radical (unpaired) electrons. The van der Waals surface area contributed by atoms with Crippen LogP contribution in [0.4, 0.5) is 0 Å². The second-order valence-electron chi connectivity index (χ2n) is 6.93. The molecule has 1 aromatic carbocycles. The fourth-order valence-electron chi connectivity index (χ4n) is 3.08. The number of carbonyl (C=O) groups excluding carboxylic acids is 2. The fourth-order valence-corrected chi connectivity index (χ4v) is 4.32. The van der Waals surface area contributed by atoms with E-state index in [0.29, 0.717) is 24.6 Å². The van der Waals surface area contributed by atoms with Crippen LogP contribution in [0.3, 0.4) is 0 Å². The van der Waals surface area contributed by atoms with Crippen molar-refractivity contribution in [3.63, 3.8) is 0 Å². The van der Waals surface area contributed by atoms with Crippen LogP contribution in [0.25, 0.3) is 0 Å². The summed E-state index contributed by atoms with van der Waals surface area (Å²) in [6.45, 7) is 4.67. The Kier molecular flexibility index (Phi) is 5.50. The number of nitrogens with zero attached hydrogens (tertiary/aromatic N) is 2.